The van der Waals surface area contributed by atoms with Crippen molar-refractivity contribution in [2.45, 2.75) is 77.4 Å². The highest BCUT2D eigenvalue weighted by Gasteiger charge is 2.40. The van der Waals surface area contributed by atoms with Crippen LogP contribution in [0.25, 0.3) is 11.4 Å². The fraction of sp³-hybridized carbons (Fsp3) is 0.588. The van der Waals surface area contributed by atoms with Gasteiger partial charge in [0.1, 0.15) is 17.3 Å². The topological polar surface area (TPSA) is 140 Å². The van der Waals surface area contributed by atoms with Gasteiger partial charge in [0, 0.05) is 63.5 Å². The van der Waals surface area contributed by atoms with E-state index in [-0.39, 0.29) is 43.5 Å². The van der Waals surface area contributed by atoms with Gasteiger partial charge in [-0.25, -0.2) is 14.8 Å². The minimum Gasteiger partial charge on any atom is -0.460 e. The molecule has 250 valence electrons. The van der Waals surface area contributed by atoms with Gasteiger partial charge in [-0.2, -0.15) is 0 Å². The molecule has 4 rings (SSSR count). The monoisotopic (exact) mass is 637 g/mol. The molecule has 0 bridgehead atoms. The summed E-state index contributed by atoms with van der Waals surface area (Å²) < 4.78 is 16.1. The van der Waals surface area contributed by atoms with E-state index in [9.17, 15) is 19.2 Å². The average Bonchev–Trinajstić information content (AvgIpc) is 3.81. The molecule has 1 aliphatic carbocycles. The Morgan fingerprint density at radius 1 is 1.02 bits per heavy atom. The molecule has 2 aromatic rings. The summed E-state index contributed by atoms with van der Waals surface area (Å²) in [6, 6.07) is 10.1. The fourth-order valence-electron chi connectivity index (χ4n) is 5.37. The number of unbranched alkanes of at least 4 members (excludes halogenated alkanes) is 1. The second-order valence-electron chi connectivity index (χ2n) is 12.9. The molecule has 1 aliphatic heterocycles. The van der Waals surface area contributed by atoms with E-state index in [1.165, 1.54) is 0 Å². The Bertz CT molecular complexity index is 1360. The van der Waals surface area contributed by atoms with E-state index in [0.29, 0.717) is 38.0 Å². The molecule has 0 radical (unpaired) electrons. The standard InChI is InChI=1S/C34H47N5O7/c1-6-7-19-45-33(43)39-17-15-38(16-18-39)32(42)26(13-14-29(40)46-34(2,3)4)37-31(41)28-21-27(25-20-24(25)22-44-5)35-30(36-28)23-11-9-8-10-12-23/h8-12,21,24-26H,6-7,13-20,22H2,1-5H3,(H,37,41)/t24-,25+,26?/m1/s1. The summed E-state index contributed by atoms with van der Waals surface area (Å²) in [5, 5.41) is 2.86. The van der Waals surface area contributed by atoms with Gasteiger partial charge in [-0.15, -0.1) is 0 Å². The molecular formula is C34H47N5O7. The van der Waals surface area contributed by atoms with Crippen LogP contribution in [0.2, 0.25) is 0 Å². The van der Waals surface area contributed by atoms with Gasteiger partial charge in [0.2, 0.25) is 5.91 Å². The Morgan fingerprint density at radius 2 is 1.72 bits per heavy atom. The van der Waals surface area contributed by atoms with Crippen LogP contribution in [0.4, 0.5) is 4.79 Å². The molecule has 2 aliphatic rings. The number of hydrogen-bond donors (Lipinski definition) is 1. The van der Waals surface area contributed by atoms with Crippen molar-refractivity contribution in [1.29, 1.82) is 0 Å². The molecule has 3 amide bonds. The summed E-state index contributed by atoms with van der Waals surface area (Å²) >= 11 is 0. The first kappa shape index (κ1) is 34.8. The number of nitrogens with zero attached hydrogens (tertiary/aromatic N) is 4. The normalized spacial score (nSPS) is 18.5. The van der Waals surface area contributed by atoms with Crippen LogP contribution >= 0.6 is 0 Å². The molecule has 2 heterocycles. The van der Waals surface area contributed by atoms with Gasteiger partial charge in [0.25, 0.3) is 5.91 Å². The molecule has 3 atom stereocenters. The summed E-state index contributed by atoms with van der Waals surface area (Å²) in [6.45, 7) is 9.47. The SMILES string of the molecule is CCCCOC(=O)N1CCN(C(=O)C(CCC(=O)OC(C)(C)C)NC(=O)c2cc([C@H]3C[C@@H]3COC)nc(-c3ccccc3)n2)CC1. The lowest BCUT2D eigenvalue weighted by molar-refractivity contribution is -0.155. The minimum absolute atomic E-state index is 0.0424. The van der Waals surface area contributed by atoms with Crippen molar-refractivity contribution in [1.82, 2.24) is 25.1 Å². The van der Waals surface area contributed by atoms with Gasteiger partial charge >= 0.3 is 12.1 Å². The predicted molar refractivity (Wildman–Crippen MR) is 171 cm³/mol. The smallest absolute Gasteiger partial charge is 0.409 e. The van der Waals surface area contributed by atoms with Crippen molar-refractivity contribution in [3.05, 3.63) is 47.8 Å². The number of carbonyl (C=O) groups is 4. The van der Waals surface area contributed by atoms with E-state index < -0.39 is 29.6 Å². The number of methoxy groups -OCH3 is 1. The Labute approximate surface area is 271 Å². The number of nitrogens with one attached hydrogen (secondary N) is 1. The van der Waals surface area contributed by atoms with Crippen molar-refractivity contribution in [3.63, 3.8) is 0 Å². The molecule has 12 heteroatoms. The molecule has 46 heavy (non-hydrogen) atoms. The molecular weight excluding hydrogens is 590 g/mol. The average molecular weight is 638 g/mol. The number of benzene rings is 1. The Kier molecular flexibility index (Phi) is 12.1. The number of ether oxygens (including phenoxy) is 3. The van der Waals surface area contributed by atoms with Crippen LogP contribution in [-0.2, 0) is 23.8 Å². The van der Waals surface area contributed by atoms with Crippen LogP contribution in [0.3, 0.4) is 0 Å². The predicted octanol–water partition coefficient (Wildman–Crippen LogP) is 4.19. The van der Waals surface area contributed by atoms with E-state index in [1.54, 1.807) is 43.7 Å². The quantitative estimate of drug-likeness (QED) is 0.253. The molecule has 1 N–H and O–H groups in total. The zero-order valence-corrected chi connectivity index (χ0v) is 27.6. The number of aromatic nitrogens is 2. The summed E-state index contributed by atoms with van der Waals surface area (Å²) in [5.74, 6) is -0.462. The van der Waals surface area contributed by atoms with Crippen LogP contribution in [-0.4, -0.2) is 102 Å². The molecule has 1 aromatic heterocycles. The zero-order valence-electron chi connectivity index (χ0n) is 27.6. The van der Waals surface area contributed by atoms with E-state index in [1.807, 2.05) is 37.3 Å². The molecule has 1 aromatic carbocycles. The zero-order chi connectivity index (χ0) is 33.3. The van der Waals surface area contributed by atoms with Crippen molar-refractivity contribution >= 4 is 23.9 Å². The number of hydrogen-bond acceptors (Lipinski definition) is 9. The molecule has 1 saturated heterocycles. The van der Waals surface area contributed by atoms with Gasteiger partial charge in [0.15, 0.2) is 5.82 Å². The van der Waals surface area contributed by atoms with Crippen LogP contribution < -0.4 is 5.32 Å². The summed E-state index contributed by atoms with van der Waals surface area (Å²) in [5.41, 5.74) is 0.976. The first-order valence-corrected chi connectivity index (χ1v) is 16.2. The van der Waals surface area contributed by atoms with E-state index in [4.69, 9.17) is 19.2 Å². The van der Waals surface area contributed by atoms with Crippen LogP contribution in [0.15, 0.2) is 36.4 Å². The van der Waals surface area contributed by atoms with Crippen molar-refractivity contribution in [2.24, 2.45) is 5.92 Å². The molecule has 1 saturated carbocycles. The lowest BCUT2D eigenvalue weighted by atomic mass is 10.1. The van der Waals surface area contributed by atoms with Crippen molar-refractivity contribution in [2.75, 3.05) is 46.5 Å². The number of esters is 1. The second kappa shape index (κ2) is 16.0. The van der Waals surface area contributed by atoms with E-state index in [2.05, 4.69) is 10.3 Å². The Morgan fingerprint density at radius 3 is 2.37 bits per heavy atom. The first-order chi connectivity index (χ1) is 22.0. The summed E-state index contributed by atoms with van der Waals surface area (Å²) in [4.78, 5) is 65.2. The fourth-order valence-corrected chi connectivity index (χ4v) is 5.37. The van der Waals surface area contributed by atoms with Gasteiger partial charge in [-0.1, -0.05) is 43.7 Å². The number of carbonyl (C=O) groups excluding carboxylic acids is 4. The molecule has 0 spiro atoms. The highest BCUT2D eigenvalue weighted by atomic mass is 16.6. The number of amides is 3. The van der Waals surface area contributed by atoms with Crippen LogP contribution in [0, 0.1) is 5.92 Å². The molecule has 12 nitrogen and oxygen atoms in total. The largest absolute Gasteiger partial charge is 0.460 e. The maximum atomic E-state index is 13.8. The third-order valence-electron chi connectivity index (χ3n) is 7.93. The van der Waals surface area contributed by atoms with Gasteiger partial charge in [0.05, 0.1) is 6.61 Å². The summed E-state index contributed by atoms with van der Waals surface area (Å²) in [7, 11) is 1.66. The molecule has 1 unspecified atom stereocenters. The summed E-state index contributed by atoms with van der Waals surface area (Å²) in [6.07, 6.45) is 2.19. The number of piperazine rings is 1. The van der Waals surface area contributed by atoms with Crippen molar-refractivity contribution in [3.8, 4) is 11.4 Å². The second-order valence-corrected chi connectivity index (χ2v) is 12.9. The van der Waals surface area contributed by atoms with Gasteiger partial charge < -0.3 is 29.3 Å². The van der Waals surface area contributed by atoms with Crippen molar-refractivity contribution < 1.29 is 33.4 Å². The van der Waals surface area contributed by atoms with Crippen LogP contribution in [0.1, 0.15) is 81.9 Å². The van der Waals surface area contributed by atoms with E-state index >= 15 is 0 Å². The maximum Gasteiger partial charge on any atom is 0.409 e. The maximum absolute atomic E-state index is 13.8. The highest BCUT2D eigenvalue weighted by molar-refractivity contribution is 5.96. The molecule has 2 fully saturated rings. The third-order valence-corrected chi connectivity index (χ3v) is 7.93. The minimum atomic E-state index is -1.01. The Balaban J connectivity index is 1.51. The van der Waals surface area contributed by atoms with Crippen LogP contribution in [0.5, 0.6) is 0 Å². The lowest BCUT2D eigenvalue weighted by Crippen LogP contribution is -2.56. The Hall–Kier alpha value is -4.06. The van der Waals surface area contributed by atoms with Gasteiger partial charge in [-0.3, -0.25) is 14.4 Å². The van der Waals surface area contributed by atoms with Gasteiger partial charge in [-0.05, 0) is 52.0 Å². The first-order valence-electron chi connectivity index (χ1n) is 16.2. The third kappa shape index (κ3) is 9.97. The lowest BCUT2D eigenvalue weighted by Gasteiger charge is -2.36. The van der Waals surface area contributed by atoms with E-state index in [0.717, 1.165) is 30.5 Å². The number of rotatable bonds is 13. The highest BCUT2D eigenvalue weighted by Crippen LogP contribution is 2.47.